The molecule has 27 heavy (non-hydrogen) atoms. The van der Waals surface area contributed by atoms with Crippen LogP contribution in [0.3, 0.4) is 0 Å². The molecule has 0 radical (unpaired) electrons. The molecule has 0 bridgehead atoms. The quantitative estimate of drug-likeness (QED) is 0.733. The second-order valence-electron chi connectivity index (χ2n) is 6.99. The zero-order valence-electron chi connectivity index (χ0n) is 15.8. The van der Waals surface area contributed by atoms with Gasteiger partial charge < -0.3 is 21.3 Å². The van der Waals surface area contributed by atoms with Gasteiger partial charge in [-0.3, -0.25) is 9.59 Å². The second kappa shape index (κ2) is 8.12. The molecular weight excluding hydrogens is 340 g/mol. The van der Waals surface area contributed by atoms with Crippen LogP contribution in [0.25, 0.3) is 0 Å². The van der Waals surface area contributed by atoms with Gasteiger partial charge in [0.15, 0.2) is 0 Å². The summed E-state index contributed by atoms with van der Waals surface area (Å²) < 4.78 is 0. The largest absolute Gasteiger partial charge is 0.374 e. The number of nitrogens with zero attached hydrogens (tertiary/aromatic N) is 1. The van der Waals surface area contributed by atoms with Gasteiger partial charge in [-0.1, -0.05) is 0 Å². The second-order valence-corrected chi connectivity index (χ2v) is 6.99. The van der Waals surface area contributed by atoms with E-state index in [9.17, 15) is 9.59 Å². The van der Waals surface area contributed by atoms with Crippen molar-refractivity contribution in [3.05, 3.63) is 53.6 Å². The molecule has 1 aliphatic rings. The summed E-state index contributed by atoms with van der Waals surface area (Å²) in [5.41, 5.74) is 9.65. The van der Waals surface area contributed by atoms with E-state index in [0.717, 1.165) is 18.8 Å². The number of hydrogen-bond acceptors (Lipinski definition) is 4. The highest BCUT2D eigenvalue weighted by Gasteiger charge is 2.16. The van der Waals surface area contributed by atoms with Crippen LogP contribution in [-0.4, -0.2) is 30.9 Å². The van der Waals surface area contributed by atoms with Crippen molar-refractivity contribution in [1.29, 1.82) is 0 Å². The van der Waals surface area contributed by atoms with E-state index in [1.807, 2.05) is 13.0 Å². The SMILES string of the molecule is Cc1cc(N[C@@H](C)C(=O)Nc2ccc(C(N)=O)cc2)ccc1N1CCCC1. The number of benzene rings is 2. The van der Waals surface area contributed by atoms with Crippen LogP contribution in [0.5, 0.6) is 0 Å². The molecular formula is C21H26N4O2. The van der Waals surface area contributed by atoms with Crippen LogP contribution < -0.4 is 21.3 Å². The minimum atomic E-state index is -0.490. The molecule has 6 nitrogen and oxygen atoms in total. The fourth-order valence-electron chi connectivity index (χ4n) is 3.34. The van der Waals surface area contributed by atoms with Gasteiger partial charge in [0.25, 0.3) is 0 Å². The summed E-state index contributed by atoms with van der Waals surface area (Å²) in [7, 11) is 0. The van der Waals surface area contributed by atoms with Crippen molar-refractivity contribution < 1.29 is 9.59 Å². The minimum Gasteiger partial charge on any atom is -0.374 e. The normalized spacial score (nSPS) is 14.7. The number of carbonyl (C=O) groups is 2. The Morgan fingerprint density at radius 3 is 2.26 bits per heavy atom. The summed E-state index contributed by atoms with van der Waals surface area (Å²) in [4.78, 5) is 25.9. The number of carbonyl (C=O) groups excluding carboxylic acids is 2. The molecule has 1 heterocycles. The smallest absolute Gasteiger partial charge is 0.248 e. The van der Waals surface area contributed by atoms with Crippen molar-refractivity contribution in [1.82, 2.24) is 0 Å². The molecule has 2 aromatic carbocycles. The Kier molecular flexibility index (Phi) is 5.64. The van der Waals surface area contributed by atoms with Crippen LogP contribution in [-0.2, 0) is 4.79 Å². The maximum Gasteiger partial charge on any atom is 0.248 e. The van der Waals surface area contributed by atoms with Crippen LogP contribution in [0.2, 0.25) is 0 Å². The van der Waals surface area contributed by atoms with Crippen molar-refractivity contribution in [2.24, 2.45) is 5.73 Å². The molecule has 4 N–H and O–H groups in total. The van der Waals surface area contributed by atoms with E-state index in [1.165, 1.54) is 24.1 Å². The van der Waals surface area contributed by atoms with Crippen LogP contribution >= 0.6 is 0 Å². The monoisotopic (exact) mass is 366 g/mol. The summed E-state index contributed by atoms with van der Waals surface area (Å²) in [6.45, 7) is 6.14. The third-order valence-corrected chi connectivity index (χ3v) is 4.86. The predicted octanol–water partition coefficient (Wildman–Crippen LogP) is 3.13. The van der Waals surface area contributed by atoms with E-state index in [4.69, 9.17) is 5.73 Å². The average Bonchev–Trinajstić information content (AvgIpc) is 3.16. The van der Waals surface area contributed by atoms with Crippen LogP contribution in [0, 0.1) is 6.92 Å². The van der Waals surface area contributed by atoms with Gasteiger partial charge in [-0.25, -0.2) is 0 Å². The maximum atomic E-state index is 12.4. The van der Waals surface area contributed by atoms with Gasteiger partial charge in [-0.15, -0.1) is 0 Å². The van der Waals surface area contributed by atoms with Gasteiger partial charge in [0, 0.05) is 35.7 Å². The number of nitrogens with one attached hydrogen (secondary N) is 2. The van der Waals surface area contributed by atoms with Crippen molar-refractivity contribution in [3.63, 3.8) is 0 Å². The first-order chi connectivity index (χ1) is 12.9. The highest BCUT2D eigenvalue weighted by Crippen LogP contribution is 2.27. The summed E-state index contributed by atoms with van der Waals surface area (Å²) >= 11 is 0. The topological polar surface area (TPSA) is 87.5 Å². The maximum absolute atomic E-state index is 12.4. The van der Waals surface area contributed by atoms with Gasteiger partial charge in [0.2, 0.25) is 11.8 Å². The molecule has 0 spiro atoms. The molecule has 6 heteroatoms. The molecule has 0 aliphatic carbocycles. The third-order valence-electron chi connectivity index (χ3n) is 4.86. The van der Waals surface area contributed by atoms with Gasteiger partial charge in [-0.05, 0) is 74.7 Å². The predicted molar refractivity (Wildman–Crippen MR) is 109 cm³/mol. The van der Waals surface area contributed by atoms with Crippen molar-refractivity contribution >= 4 is 28.9 Å². The molecule has 2 amide bonds. The molecule has 1 saturated heterocycles. The molecule has 0 aromatic heterocycles. The lowest BCUT2D eigenvalue weighted by Crippen LogP contribution is -2.32. The number of aryl methyl sites for hydroxylation is 1. The van der Waals surface area contributed by atoms with E-state index in [2.05, 4.69) is 34.6 Å². The average molecular weight is 366 g/mol. The molecule has 0 unspecified atom stereocenters. The summed E-state index contributed by atoms with van der Waals surface area (Å²) in [6.07, 6.45) is 2.49. The highest BCUT2D eigenvalue weighted by atomic mass is 16.2. The number of rotatable bonds is 6. The fraction of sp³-hybridized carbons (Fsp3) is 0.333. The zero-order chi connectivity index (χ0) is 19.4. The van der Waals surface area contributed by atoms with Crippen molar-refractivity contribution in [2.45, 2.75) is 32.7 Å². The third kappa shape index (κ3) is 4.58. The Hall–Kier alpha value is -3.02. The molecule has 1 aliphatic heterocycles. The Balaban J connectivity index is 1.60. The highest BCUT2D eigenvalue weighted by molar-refractivity contribution is 5.97. The first kappa shape index (κ1) is 18.8. The number of nitrogens with two attached hydrogens (primary N) is 1. The molecule has 1 fully saturated rings. The van der Waals surface area contributed by atoms with Crippen molar-refractivity contribution in [2.75, 3.05) is 28.6 Å². The Labute approximate surface area is 159 Å². The van der Waals surface area contributed by atoms with E-state index < -0.39 is 11.9 Å². The van der Waals surface area contributed by atoms with E-state index in [-0.39, 0.29) is 5.91 Å². The lowest BCUT2D eigenvalue weighted by Gasteiger charge is -2.22. The number of amides is 2. The van der Waals surface area contributed by atoms with E-state index in [1.54, 1.807) is 24.3 Å². The van der Waals surface area contributed by atoms with E-state index >= 15 is 0 Å². The van der Waals surface area contributed by atoms with Gasteiger partial charge in [0.05, 0.1) is 0 Å². The first-order valence-electron chi connectivity index (χ1n) is 9.27. The van der Waals surface area contributed by atoms with Gasteiger partial charge >= 0.3 is 0 Å². The van der Waals surface area contributed by atoms with Crippen molar-refractivity contribution in [3.8, 4) is 0 Å². The number of anilines is 3. The minimum absolute atomic E-state index is 0.150. The lowest BCUT2D eigenvalue weighted by molar-refractivity contribution is -0.116. The van der Waals surface area contributed by atoms with Crippen LogP contribution in [0.1, 0.15) is 35.7 Å². The van der Waals surface area contributed by atoms with Crippen LogP contribution in [0.15, 0.2) is 42.5 Å². The molecule has 3 rings (SSSR count). The van der Waals surface area contributed by atoms with Gasteiger partial charge in [-0.2, -0.15) is 0 Å². The Morgan fingerprint density at radius 2 is 1.67 bits per heavy atom. The standard InChI is InChI=1S/C21H26N4O2/c1-14-13-18(9-10-19(14)25-11-3-4-12-25)23-15(2)21(27)24-17-7-5-16(6-8-17)20(22)26/h5-10,13,15,23H,3-4,11-12H2,1-2H3,(H2,22,26)(H,24,27)/t15-/m0/s1. The molecule has 0 saturated carbocycles. The van der Waals surface area contributed by atoms with E-state index in [0.29, 0.717) is 11.3 Å². The summed E-state index contributed by atoms with van der Waals surface area (Å²) in [6, 6.07) is 12.3. The summed E-state index contributed by atoms with van der Waals surface area (Å²) in [5.74, 6) is -0.640. The molecule has 1 atom stereocenters. The lowest BCUT2D eigenvalue weighted by atomic mass is 10.1. The summed E-state index contributed by atoms with van der Waals surface area (Å²) in [5, 5.41) is 6.08. The van der Waals surface area contributed by atoms with Gasteiger partial charge in [0.1, 0.15) is 6.04 Å². The first-order valence-corrected chi connectivity index (χ1v) is 9.27. The number of hydrogen-bond donors (Lipinski definition) is 3. The number of primary amides is 1. The van der Waals surface area contributed by atoms with Crippen LogP contribution in [0.4, 0.5) is 17.1 Å². The Morgan fingerprint density at radius 1 is 1.04 bits per heavy atom. The fourth-order valence-corrected chi connectivity index (χ4v) is 3.34. The Bertz CT molecular complexity index is 827. The molecule has 142 valence electrons. The molecule has 2 aromatic rings. The zero-order valence-corrected chi connectivity index (χ0v) is 15.8.